The Hall–Kier alpha value is -5.09. The van der Waals surface area contributed by atoms with Crippen molar-refractivity contribution in [2.45, 2.75) is 25.4 Å². The van der Waals surface area contributed by atoms with Crippen molar-refractivity contribution in [2.75, 3.05) is 0 Å². The Morgan fingerprint density at radius 3 is 2.10 bits per heavy atom. The molecular weight excluding hydrogens is 514 g/mol. The molecule has 8 rings (SSSR count). The zero-order valence-electron chi connectivity index (χ0n) is 23.3. The van der Waals surface area contributed by atoms with E-state index in [9.17, 15) is 0 Å². The average molecular weight is 544 g/mol. The molecule has 42 heavy (non-hydrogen) atoms. The van der Waals surface area contributed by atoms with Crippen LogP contribution in [0.4, 0.5) is 0 Å². The molecule has 0 radical (unpaired) electrons. The first kappa shape index (κ1) is 24.7. The molecule has 0 saturated carbocycles. The van der Waals surface area contributed by atoms with Crippen molar-refractivity contribution in [3.8, 4) is 51.0 Å². The van der Waals surface area contributed by atoms with Crippen LogP contribution in [0.15, 0.2) is 121 Å². The molecule has 3 aliphatic rings. The van der Waals surface area contributed by atoms with Gasteiger partial charge in [0.25, 0.3) is 0 Å². The quantitative estimate of drug-likeness (QED) is 0.227. The minimum absolute atomic E-state index is 0.0440. The Labute approximate surface area is 245 Å². The third kappa shape index (κ3) is 4.46. The monoisotopic (exact) mass is 543 g/mol. The fourth-order valence-electron chi connectivity index (χ4n) is 6.15. The molecule has 3 unspecified atom stereocenters. The van der Waals surface area contributed by atoms with E-state index in [1.807, 2.05) is 36.4 Å². The van der Waals surface area contributed by atoms with Crippen LogP contribution < -0.4 is 4.74 Å². The highest BCUT2D eigenvalue weighted by Gasteiger charge is 2.32. The van der Waals surface area contributed by atoms with Crippen LogP contribution in [0.5, 0.6) is 5.75 Å². The smallest absolute Gasteiger partial charge is 0.164 e. The molecule has 0 fully saturated rings. The zero-order chi connectivity index (χ0) is 28.0. The summed E-state index contributed by atoms with van der Waals surface area (Å²) >= 11 is 0. The van der Waals surface area contributed by atoms with E-state index in [1.54, 1.807) is 0 Å². The topological polar surface area (TPSA) is 47.9 Å². The third-order valence-electron chi connectivity index (χ3n) is 8.41. The van der Waals surface area contributed by atoms with Crippen molar-refractivity contribution in [3.63, 3.8) is 0 Å². The summed E-state index contributed by atoms with van der Waals surface area (Å²) in [5.41, 5.74) is 9.16. The lowest BCUT2D eigenvalue weighted by Crippen LogP contribution is -2.15. The number of rotatable bonds is 4. The van der Waals surface area contributed by atoms with Crippen molar-refractivity contribution in [3.05, 3.63) is 138 Å². The summed E-state index contributed by atoms with van der Waals surface area (Å²) in [7, 11) is 0. The van der Waals surface area contributed by atoms with Gasteiger partial charge in [-0.3, -0.25) is 0 Å². The first-order chi connectivity index (χ1) is 20.7. The second-order valence-electron chi connectivity index (χ2n) is 11.3. The van der Waals surface area contributed by atoms with Gasteiger partial charge in [0.2, 0.25) is 0 Å². The molecule has 2 heterocycles. The van der Waals surface area contributed by atoms with Gasteiger partial charge in [-0.05, 0) is 46.7 Å². The van der Waals surface area contributed by atoms with Gasteiger partial charge in [0, 0.05) is 28.2 Å². The summed E-state index contributed by atoms with van der Waals surface area (Å²) in [4.78, 5) is 14.8. The molecule has 1 aliphatic heterocycles. The molecule has 0 spiro atoms. The number of hydrogen-bond donors (Lipinski definition) is 0. The van der Waals surface area contributed by atoms with Gasteiger partial charge < -0.3 is 4.74 Å². The summed E-state index contributed by atoms with van der Waals surface area (Å²) in [6.45, 7) is 2.27. The Kier molecular flexibility index (Phi) is 5.92. The van der Waals surface area contributed by atoms with E-state index in [4.69, 9.17) is 19.7 Å². The Bertz CT molecular complexity index is 1900. The Morgan fingerprint density at radius 1 is 0.619 bits per heavy atom. The van der Waals surface area contributed by atoms with Gasteiger partial charge in [0.1, 0.15) is 11.9 Å². The van der Waals surface area contributed by atoms with Crippen LogP contribution in [0, 0.1) is 5.92 Å². The van der Waals surface area contributed by atoms with Crippen molar-refractivity contribution < 1.29 is 4.74 Å². The first-order valence-corrected chi connectivity index (χ1v) is 14.6. The van der Waals surface area contributed by atoms with Gasteiger partial charge in [-0.2, -0.15) is 0 Å². The highest BCUT2D eigenvalue weighted by atomic mass is 16.5. The Morgan fingerprint density at radius 2 is 1.29 bits per heavy atom. The summed E-state index contributed by atoms with van der Waals surface area (Å²) in [6.07, 6.45) is 14.1. The molecule has 3 atom stereocenters. The van der Waals surface area contributed by atoms with E-state index in [0.717, 1.165) is 28.9 Å². The zero-order valence-corrected chi connectivity index (χ0v) is 23.3. The van der Waals surface area contributed by atoms with Crippen LogP contribution in [-0.4, -0.2) is 21.1 Å². The standard InChI is InChI=1S/C38H29N3O/c1-24-11-12-26-15-18-29(22-31(26)21-24)25-13-16-28(17-14-25)37-39-36(27-7-3-2-4-8-27)40-38(41-37)30-19-20-33-32-9-5-6-10-34(32)42-35(33)23-30/h2-20,22-24,32,34H,21H2,1H3. The maximum absolute atomic E-state index is 6.29. The van der Waals surface area contributed by atoms with Gasteiger partial charge in [0.15, 0.2) is 17.5 Å². The maximum atomic E-state index is 6.29. The molecule has 0 amide bonds. The first-order valence-electron chi connectivity index (χ1n) is 14.6. The minimum Gasteiger partial charge on any atom is -0.485 e. The van der Waals surface area contributed by atoms with Crippen molar-refractivity contribution >= 4 is 6.08 Å². The number of nitrogens with zero attached hydrogens (tertiary/aromatic N) is 3. The van der Waals surface area contributed by atoms with Crippen LogP contribution >= 0.6 is 0 Å². The van der Waals surface area contributed by atoms with Crippen molar-refractivity contribution in [1.82, 2.24) is 15.0 Å². The molecular formula is C38H29N3O. The molecule has 0 bridgehead atoms. The van der Waals surface area contributed by atoms with Gasteiger partial charge in [-0.1, -0.05) is 122 Å². The van der Waals surface area contributed by atoms with E-state index < -0.39 is 0 Å². The van der Waals surface area contributed by atoms with E-state index in [2.05, 4.69) is 98.0 Å². The molecule has 4 aromatic carbocycles. The molecule has 0 saturated heterocycles. The van der Waals surface area contributed by atoms with E-state index >= 15 is 0 Å². The van der Waals surface area contributed by atoms with E-state index in [-0.39, 0.29) is 12.0 Å². The van der Waals surface area contributed by atoms with Crippen LogP contribution in [-0.2, 0) is 6.42 Å². The fraction of sp³-hybridized carbons (Fsp3) is 0.132. The van der Waals surface area contributed by atoms with Gasteiger partial charge >= 0.3 is 0 Å². The summed E-state index contributed by atoms with van der Waals surface area (Å²) in [6, 6.07) is 31.7. The lowest BCUT2D eigenvalue weighted by molar-refractivity contribution is 0.269. The lowest BCUT2D eigenvalue weighted by atomic mass is 9.88. The van der Waals surface area contributed by atoms with Gasteiger partial charge in [-0.25, -0.2) is 15.0 Å². The summed E-state index contributed by atoms with van der Waals surface area (Å²) in [5, 5.41) is 0. The van der Waals surface area contributed by atoms with E-state index in [1.165, 1.54) is 27.8 Å². The van der Waals surface area contributed by atoms with Gasteiger partial charge in [0.05, 0.1) is 0 Å². The second kappa shape index (κ2) is 10.1. The lowest BCUT2D eigenvalue weighted by Gasteiger charge is -2.17. The molecule has 1 aromatic heterocycles. The molecule has 202 valence electrons. The number of hydrogen-bond acceptors (Lipinski definition) is 4. The molecule has 4 nitrogen and oxygen atoms in total. The van der Waals surface area contributed by atoms with Crippen molar-refractivity contribution in [1.29, 1.82) is 0 Å². The largest absolute Gasteiger partial charge is 0.485 e. The molecule has 5 aromatic rings. The summed E-state index contributed by atoms with van der Waals surface area (Å²) in [5.74, 6) is 3.64. The van der Waals surface area contributed by atoms with Crippen LogP contribution in [0.2, 0.25) is 0 Å². The number of allylic oxidation sites excluding steroid dienone is 3. The van der Waals surface area contributed by atoms with Gasteiger partial charge in [-0.15, -0.1) is 0 Å². The number of aromatic nitrogens is 3. The summed E-state index contributed by atoms with van der Waals surface area (Å²) < 4.78 is 6.29. The molecule has 4 heteroatoms. The highest BCUT2D eigenvalue weighted by molar-refractivity contribution is 5.73. The van der Waals surface area contributed by atoms with Crippen LogP contribution in [0.25, 0.3) is 51.4 Å². The number of benzene rings is 4. The molecule has 2 aliphatic carbocycles. The third-order valence-corrected chi connectivity index (χ3v) is 8.41. The van der Waals surface area contributed by atoms with Crippen LogP contribution in [0.3, 0.4) is 0 Å². The maximum Gasteiger partial charge on any atom is 0.164 e. The SMILES string of the molecule is CC1C=Cc2ccc(-c3ccc(-c4nc(-c5ccccc5)nc(-c5ccc6c(c5)OC5C=CC=CC65)n4)cc3)cc2C1. The highest BCUT2D eigenvalue weighted by Crippen LogP contribution is 2.43. The number of ether oxygens (including phenoxy) is 1. The second-order valence-corrected chi connectivity index (χ2v) is 11.3. The molecule has 0 N–H and O–H groups in total. The van der Waals surface area contributed by atoms with Crippen molar-refractivity contribution in [2.24, 2.45) is 5.92 Å². The number of fused-ring (bicyclic) bond motifs is 4. The Balaban J connectivity index is 1.17. The average Bonchev–Trinajstić information content (AvgIpc) is 3.43. The predicted molar refractivity (Wildman–Crippen MR) is 169 cm³/mol. The minimum atomic E-state index is 0.0440. The fourth-order valence-corrected chi connectivity index (χ4v) is 6.15. The van der Waals surface area contributed by atoms with Crippen LogP contribution in [0.1, 0.15) is 29.5 Å². The van der Waals surface area contributed by atoms with E-state index in [0.29, 0.717) is 23.4 Å². The normalized spacial score (nSPS) is 19.6. The predicted octanol–water partition coefficient (Wildman–Crippen LogP) is 8.72.